The van der Waals surface area contributed by atoms with Crippen molar-refractivity contribution < 1.29 is 14.3 Å². The number of nitrogens with zero attached hydrogens (tertiary/aromatic N) is 3. The standard InChI is InChI=1S/C20H24N4O3/c1-12(2)19-21-13(3)9-17(22-19)23-20(26)14-10-18(25)24(11-14)15-5-7-16(27-4)8-6-15/h5-9,12,14H,10-11H2,1-4H3,(H,21,22,23,26). The van der Waals surface area contributed by atoms with Crippen LogP contribution < -0.4 is 15.0 Å². The zero-order chi connectivity index (χ0) is 19.6. The molecular weight excluding hydrogens is 344 g/mol. The topological polar surface area (TPSA) is 84.4 Å². The van der Waals surface area contributed by atoms with Crippen LogP contribution in [0.25, 0.3) is 0 Å². The first-order valence-electron chi connectivity index (χ1n) is 8.98. The zero-order valence-electron chi connectivity index (χ0n) is 16.0. The lowest BCUT2D eigenvalue weighted by Crippen LogP contribution is -2.28. The Morgan fingerprint density at radius 2 is 1.96 bits per heavy atom. The minimum Gasteiger partial charge on any atom is -0.497 e. The maximum absolute atomic E-state index is 12.7. The van der Waals surface area contributed by atoms with Crippen LogP contribution in [0.3, 0.4) is 0 Å². The average molecular weight is 368 g/mol. The Balaban J connectivity index is 1.70. The van der Waals surface area contributed by atoms with Crippen molar-refractivity contribution in [2.24, 2.45) is 5.92 Å². The van der Waals surface area contributed by atoms with Gasteiger partial charge in [0.25, 0.3) is 0 Å². The Morgan fingerprint density at radius 3 is 2.59 bits per heavy atom. The zero-order valence-corrected chi connectivity index (χ0v) is 16.0. The number of aromatic nitrogens is 2. The van der Waals surface area contributed by atoms with Crippen LogP contribution in [0.4, 0.5) is 11.5 Å². The van der Waals surface area contributed by atoms with E-state index in [9.17, 15) is 9.59 Å². The molecule has 0 spiro atoms. The highest BCUT2D eigenvalue weighted by Gasteiger charge is 2.35. The molecule has 1 aliphatic heterocycles. The van der Waals surface area contributed by atoms with E-state index in [1.54, 1.807) is 30.2 Å². The molecule has 7 nitrogen and oxygen atoms in total. The lowest BCUT2D eigenvalue weighted by molar-refractivity contribution is -0.122. The molecule has 142 valence electrons. The fourth-order valence-electron chi connectivity index (χ4n) is 3.04. The van der Waals surface area contributed by atoms with Gasteiger partial charge in [0, 0.05) is 36.3 Å². The molecule has 7 heteroatoms. The van der Waals surface area contributed by atoms with Crippen LogP contribution in [0.15, 0.2) is 30.3 Å². The Kier molecular flexibility index (Phi) is 5.39. The summed E-state index contributed by atoms with van der Waals surface area (Å²) in [6, 6.07) is 8.97. The number of nitrogens with one attached hydrogen (secondary N) is 1. The number of aryl methyl sites for hydroxylation is 1. The van der Waals surface area contributed by atoms with Gasteiger partial charge in [-0.15, -0.1) is 0 Å². The van der Waals surface area contributed by atoms with E-state index in [1.807, 2.05) is 32.9 Å². The van der Waals surface area contributed by atoms with E-state index < -0.39 is 5.92 Å². The molecule has 2 amide bonds. The molecule has 0 saturated carbocycles. The normalized spacial score (nSPS) is 16.7. The van der Waals surface area contributed by atoms with E-state index in [4.69, 9.17) is 4.74 Å². The minimum atomic E-state index is -0.419. The molecule has 1 fully saturated rings. The van der Waals surface area contributed by atoms with Crippen molar-refractivity contribution in [3.63, 3.8) is 0 Å². The van der Waals surface area contributed by atoms with Crippen molar-refractivity contribution in [3.8, 4) is 5.75 Å². The summed E-state index contributed by atoms with van der Waals surface area (Å²) < 4.78 is 5.14. The summed E-state index contributed by atoms with van der Waals surface area (Å²) in [5.74, 6) is 1.37. The number of carbonyl (C=O) groups is 2. The maximum Gasteiger partial charge on any atom is 0.230 e. The molecule has 1 aliphatic rings. The van der Waals surface area contributed by atoms with Gasteiger partial charge in [0.2, 0.25) is 11.8 Å². The van der Waals surface area contributed by atoms with Crippen molar-refractivity contribution in [2.75, 3.05) is 23.9 Å². The molecule has 1 saturated heterocycles. The third-order valence-corrected chi connectivity index (χ3v) is 4.52. The molecule has 0 radical (unpaired) electrons. The smallest absolute Gasteiger partial charge is 0.230 e. The second-order valence-electron chi connectivity index (χ2n) is 7.00. The SMILES string of the molecule is COc1ccc(N2CC(C(=O)Nc3cc(C)nc(C(C)C)n3)CC2=O)cc1. The molecule has 27 heavy (non-hydrogen) atoms. The first-order valence-corrected chi connectivity index (χ1v) is 8.98. The number of amides is 2. The maximum atomic E-state index is 12.7. The van der Waals surface area contributed by atoms with Crippen LogP contribution in [0.5, 0.6) is 5.75 Å². The first kappa shape index (κ1) is 18.8. The van der Waals surface area contributed by atoms with E-state index in [-0.39, 0.29) is 24.2 Å². The van der Waals surface area contributed by atoms with Crippen LogP contribution in [0, 0.1) is 12.8 Å². The van der Waals surface area contributed by atoms with Crippen molar-refractivity contribution in [1.29, 1.82) is 0 Å². The summed E-state index contributed by atoms with van der Waals surface area (Å²) in [7, 11) is 1.59. The fraction of sp³-hybridized carbons (Fsp3) is 0.400. The number of anilines is 2. The van der Waals surface area contributed by atoms with E-state index in [1.165, 1.54) is 0 Å². The second kappa shape index (κ2) is 7.73. The van der Waals surface area contributed by atoms with Crippen molar-refractivity contribution in [2.45, 2.75) is 33.1 Å². The van der Waals surface area contributed by atoms with Crippen LogP contribution in [-0.4, -0.2) is 35.4 Å². The predicted octanol–water partition coefficient (Wildman–Crippen LogP) is 2.91. The Bertz CT molecular complexity index is 849. The summed E-state index contributed by atoms with van der Waals surface area (Å²) in [6.45, 7) is 6.22. The molecule has 0 bridgehead atoms. The minimum absolute atomic E-state index is 0.0675. The fourth-order valence-corrected chi connectivity index (χ4v) is 3.04. The largest absolute Gasteiger partial charge is 0.497 e. The van der Waals surface area contributed by atoms with Gasteiger partial charge in [-0.25, -0.2) is 9.97 Å². The van der Waals surface area contributed by atoms with Gasteiger partial charge in [0.1, 0.15) is 17.4 Å². The van der Waals surface area contributed by atoms with E-state index in [0.29, 0.717) is 18.2 Å². The molecule has 2 aromatic rings. The molecule has 1 N–H and O–H groups in total. The van der Waals surface area contributed by atoms with Gasteiger partial charge in [-0.3, -0.25) is 9.59 Å². The Labute approximate surface area is 158 Å². The third-order valence-electron chi connectivity index (χ3n) is 4.52. The van der Waals surface area contributed by atoms with Gasteiger partial charge >= 0.3 is 0 Å². The van der Waals surface area contributed by atoms with Gasteiger partial charge < -0.3 is 15.0 Å². The van der Waals surface area contributed by atoms with Crippen molar-refractivity contribution in [1.82, 2.24) is 9.97 Å². The summed E-state index contributed by atoms with van der Waals surface area (Å²) >= 11 is 0. The van der Waals surface area contributed by atoms with Crippen molar-refractivity contribution in [3.05, 3.63) is 41.9 Å². The molecule has 2 heterocycles. The highest BCUT2D eigenvalue weighted by atomic mass is 16.5. The summed E-state index contributed by atoms with van der Waals surface area (Å²) in [5, 5.41) is 2.84. The number of carbonyl (C=O) groups excluding carboxylic acids is 2. The van der Waals surface area contributed by atoms with Crippen LogP contribution in [0.1, 0.15) is 37.7 Å². The molecule has 1 unspecified atom stereocenters. The third kappa shape index (κ3) is 4.24. The molecule has 1 aromatic heterocycles. The predicted molar refractivity (Wildman–Crippen MR) is 103 cm³/mol. The van der Waals surface area contributed by atoms with Gasteiger partial charge in [-0.1, -0.05) is 13.8 Å². The number of methoxy groups -OCH3 is 1. The second-order valence-corrected chi connectivity index (χ2v) is 7.00. The number of rotatable bonds is 5. The molecule has 1 atom stereocenters. The van der Waals surface area contributed by atoms with E-state index in [0.717, 1.165) is 17.1 Å². The van der Waals surface area contributed by atoms with Crippen molar-refractivity contribution >= 4 is 23.3 Å². The first-order chi connectivity index (χ1) is 12.9. The lowest BCUT2D eigenvalue weighted by Gasteiger charge is -2.17. The van der Waals surface area contributed by atoms with Gasteiger partial charge in [0.15, 0.2) is 0 Å². The van der Waals surface area contributed by atoms with Crippen LogP contribution in [0.2, 0.25) is 0 Å². The highest BCUT2D eigenvalue weighted by molar-refractivity contribution is 6.03. The van der Waals surface area contributed by atoms with Gasteiger partial charge in [-0.05, 0) is 31.2 Å². The van der Waals surface area contributed by atoms with Gasteiger partial charge in [0.05, 0.1) is 13.0 Å². The number of ether oxygens (including phenoxy) is 1. The van der Waals surface area contributed by atoms with Crippen LogP contribution in [-0.2, 0) is 9.59 Å². The van der Waals surface area contributed by atoms with Crippen LogP contribution >= 0.6 is 0 Å². The van der Waals surface area contributed by atoms with E-state index >= 15 is 0 Å². The summed E-state index contributed by atoms with van der Waals surface area (Å²) in [5.41, 5.74) is 1.56. The van der Waals surface area contributed by atoms with E-state index in [2.05, 4.69) is 15.3 Å². The number of hydrogen-bond acceptors (Lipinski definition) is 5. The Morgan fingerprint density at radius 1 is 1.26 bits per heavy atom. The lowest BCUT2D eigenvalue weighted by atomic mass is 10.1. The Hall–Kier alpha value is -2.96. The number of benzene rings is 1. The molecule has 3 rings (SSSR count). The molecular formula is C20H24N4O3. The molecule has 0 aliphatic carbocycles. The average Bonchev–Trinajstić information content (AvgIpc) is 3.03. The summed E-state index contributed by atoms with van der Waals surface area (Å²) in [4.78, 5) is 35.5. The quantitative estimate of drug-likeness (QED) is 0.877. The van der Waals surface area contributed by atoms with Gasteiger partial charge in [-0.2, -0.15) is 0 Å². The summed E-state index contributed by atoms with van der Waals surface area (Å²) in [6.07, 6.45) is 0.180. The molecule has 1 aromatic carbocycles. The number of hydrogen-bond donors (Lipinski definition) is 1. The monoisotopic (exact) mass is 368 g/mol. The highest BCUT2D eigenvalue weighted by Crippen LogP contribution is 2.27.